The minimum atomic E-state index is -0.901. The van der Waals surface area contributed by atoms with Gasteiger partial charge in [-0.25, -0.2) is 4.39 Å². The summed E-state index contributed by atoms with van der Waals surface area (Å²) in [5.74, 6) is -0.969. The number of hydrogen-bond donors (Lipinski definition) is 2. The molecule has 132 valence electrons. The number of benzene rings is 1. The summed E-state index contributed by atoms with van der Waals surface area (Å²) in [6, 6.07) is 5.65. The summed E-state index contributed by atoms with van der Waals surface area (Å²) < 4.78 is 12.9. The van der Waals surface area contributed by atoms with E-state index < -0.39 is 6.10 Å². The smallest absolute Gasteiger partial charge is 0.225 e. The molecule has 0 radical (unpaired) electrons. The van der Waals surface area contributed by atoms with Crippen molar-refractivity contribution in [1.29, 1.82) is 0 Å². The van der Waals surface area contributed by atoms with E-state index in [2.05, 4.69) is 12.2 Å². The molecule has 1 aliphatic heterocycles. The Bertz CT molecular complexity index is 576. The van der Waals surface area contributed by atoms with E-state index in [9.17, 15) is 19.1 Å². The summed E-state index contributed by atoms with van der Waals surface area (Å²) in [4.78, 5) is 26.1. The molecule has 0 saturated carbocycles. The summed E-state index contributed by atoms with van der Waals surface area (Å²) in [6.07, 6.45) is 1.23. The first kappa shape index (κ1) is 18.4. The Hall–Kier alpha value is -1.95. The number of aliphatic hydroxyl groups is 1. The van der Waals surface area contributed by atoms with Crippen molar-refractivity contribution in [2.24, 2.45) is 5.92 Å². The van der Waals surface area contributed by atoms with Crippen LogP contribution in [0.15, 0.2) is 24.3 Å². The number of halogens is 1. The second kappa shape index (κ2) is 8.24. The highest BCUT2D eigenvalue weighted by Crippen LogP contribution is 2.22. The molecule has 1 heterocycles. The molecule has 3 unspecified atom stereocenters. The van der Waals surface area contributed by atoms with Crippen LogP contribution >= 0.6 is 0 Å². The van der Waals surface area contributed by atoms with Crippen LogP contribution in [0, 0.1) is 11.7 Å². The van der Waals surface area contributed by atoms with Gasteiger partial charge in [-0.3, -0.25) is 9.59 Å². The van der Waals surface area contributed by atoms with Gasteiger partial charge in [0.25, 0.3) is 0 Å². The van der Waals surface area contributed by atoms with Gasteiger partial charge < -0.3 is 15.3 Å². The van der Waals surface area contributed by atoms with Crippen molar-refractivity contribution in [2.75, 3.05) is 13.1 Å². The van der Waals surface area contributed by atoms with Crippen molar-refractivity contribution >= 4 is 11.8 Å². The topological polar surface area (TPSA) is 69.6 Å². The number of carbonyl (C=O) groups excluding carboxylic acids is 2. The summed E-state index contributed by atoms with van der Waals surface area (Å²) >= 11 is 0. The highest BCUT2D eigenvalue weighted by Gasteiger charge is 2.36. The number of nitrogens with zero attached hydrogens (tertiary/aromatic N) is 1. The molecule has 0 spiro atoms. The zero-order valence-electron chi connectivity index (χ0n) is 14.2. The van der Waals surface area contributed by atoms with Gasteiger partial charge in [-0.2, -0.15) is 0 Å². The van der Waals surface area contributed by atoms with Crippen LogP contribution in [0.25, 0.3) is 0 Å². The van der Waals surface area contributed by atoms with E-state index in [0.29, 0.717) is 12.1 Å². The maximum atomic E-state index is 12.9. The Kier molecular flexibility index (Phi) is 6.31. The van der Waals surface area contributed by atoms with E-state index in [1.165, 1.54) is 24.3 Å². The molecule has 1 aromatic rings. The molecule has 2 rings (SSSR count). The van der Waals surface area contributed by atoms with Gasteiger partial charge in [0, 0.05) is 25.6 Å². The lowest BCUT2D eigenvalue weighted by Gasteiger charge is -2.24. The van der Waals surface area contributed by atoms with Gasteiger partial charge in [0.1, 0.15) is 5.82 Å². The Balaban J connectivity index is 1.84. The lowest BCUT2D eigenvalue weighted by atomic mass is 10.1. The fraction of sp³-hybridized carbons (Fsp3) is 0.556. The van der Waals surface area contributed by atoms with Crippen LogP contribution in [-0.2, 0) is 9.59 Å². The molecule has 0 aromatic heterocycles. The van der Waals surface area contributed by atoms with Crippen LogP contribution in [0.2, 0.25) is 0 Å². The van der Waals surface area contributed by atoms with Gasteiger partial charge in [-0.1, -0.05) is 25.5 Å². The first-order valence-corrected chi connectivity index (χ1v) is 8.43. The van der Waals surface area contributed by atoms with Crippen LogP contribution in [-0.4, -0.2) is 41.0 Å². The van der Waals surface area contributed by atoms with Crippen molar-refractivity contribution in [3.63, 3.8) is 0 Å². The molecule has 0 bridgehead atoms. The highest BCUT2D eigenvalue weighted by atomic mass is 19.1. The van der Waals surface area contributed by atoms with Gasteiger partial charge in [0.2, 0.25) is 11.8 Å². The molecule has 0 aliphatic carbocycles. The molecule has 1 fully saturated rings. The first-order chi connectivity index (χ1) is 11.4. The fourth-order valence-electron chi connectivity index (χ4n) is 3.05. The number of rotatable bonds is 7. The number of hydrogen-bond acceptors (Lipinski definition) is 3. The van der Waals surface area contributed by atoms with Crippen LogP contribution in [0.3, 0.4) is 0 Å². The SMILES string of the molecule is CCCC(C)N1CC(C(=O)NCC(O)c2ccc(F)cc2)CC1=O. The van der Waals surface area contributed by atoms with Crippen molar-refractivity contribution in [3.8, 4) is 0 Å². The molecule has 2 N–H and O–H groups in total. The number of carbonyl (C=O) groups is 2. The number of amides is 2. The van der Waals surface area contributed by atoms with Crippen molar-refractivity contribution < 1.29 is 19.1 Å². The molecule has 3 atom stereocenters. The van der Waals surface area contributed by atoms with Crippen molar-refractivity contribution in [2.45, 2.75) is 45.3 Å². The molecule has 1 aliphatic rings. The number of nitrogens with one attached hydrogen (secondary N) is 1. The maximum absolute atomic E-state index is 12.9. The molecular weight excluding hydrogens is 311 g/mol. The van der Waals surface area contributed by atoms with Gasteiger partial charge in [0.15, 0.2) is 0 Å². The van der Waals surface area contributed by atoms with Crippen LogP contribution < -0.4 is 5.32 Å². The lowest BCUT2D eigenvalue weighted by Crippen LogP contribution is -2.37. The summed E-state index contributed by atoms with van der Waals surface area (Å²) in [6.45, 7) is 4.54. The molecule has 2 amide bonds. The largest absolute Gasteiger partial charge is 0.387 e. The van der Waals surface area contributed by atoms with E-state index in [0.717, 1.165) is 12.8 Å². The average Bonchev–Trinajstić information content (AvgIpc) is 2.95. The highest BCUT2D eigenvalue weighted by molar-refractivity contribution is 5.89. The van der Waals surface area contributed by atoms with Gasteiger partial charge in [-0.05, 0) is 31.0 Å². The molecular formula is C18H25FN2O3. The zero-order valence-corrected chi connectivity index (χ0v) is 14.2. The zero-order chi connectivity index (χ0) is 17.7. The summed E-state index contributed by atoms with van der Waals surface area (Å²) in [5, 5.41) is 12.7. The Labute approximate surface area is 141 Å². The lowest BCUT2D eigenvalue weighted by molar-refractivity contribution is -0.130. The normalized spacial score (nSPS) is 20.1. The molecule has 24 heavy (non-hydrogen) atoms. The third kappa shape index (κ3) is 4.54. The first-order valence-electron chi connectivity index (χ1n) is 8.43. The van der Waals surface area contributed by atoms with E-state index in [1.807, 2.05) is 6.92 Å². The molecule has 1 aromatic carbocycles. The van der Waals surface area contributed by atoms with E-state index in [1.54, 1.807) is 4.90 Å². The fourth-order valence-corrected chi connectivity index (χ4v) is 3.05. The molecule has 1 saturated heterocycles. The minimum Gasteiger partial charge on any atom is -0.387 e. The van der Waals surface area contributed by atoms with Crippen LogP contribution in [0.4, 0.5) is 4.39 Å². The Morgan fingerprint density at radius 1 is 1.42 bits per heavy atom. The van der Waals surface area contributed by atoms with E-state index in [4.69, 9.17) is 0 Å². The monoisotopic (exact) mass is 336 g/mol. The number of aliphatic hydroxyl groups excluding tert-OH is 1. The average molecular weight is 336 g/mol. The quantitative estimate of drug-likeness (QED) is 0.800. The van der Waals surface area contributed by atoms with Gasteiger partial charge in [0.05, 0.1) is 12.0 Å². The predicted octanol–water partition coefficient (Wildman–Crippen LogP) is 2.01. The van der Waals surface area contributed by atoms with Crippen LogP contribution in [0.5, 0.6) is 0 Å². The third-order valence-electron chi connectivity index (χ3n) is 4.49. The van der Waals surface area contributed by atoms with Gasteiger partial charge >= 0.3 is 0 Å². The van der Waals surface area contributed by atoms with E-state index >= 15 is 0 Å². The molecule has 5 nitrogen and oxygen atoms in total. The molecule has 6 heteroatoms. The Morgan fingerprint density at radius 2 is 2.08 bits per heavy atom. The van der Waals surface area contributed by atoms with Crippen molar-refractivity contribution in [3.05, 3.63) is 35.6 Å². The maximum Gasteiger partial charge on any atom is 0.225 e. The second-order valence-electron chi connectivity index (χ2n) is 6.40. The summed E-state index contributed by atoms with van der Waals surface area (Å²) in [5.41, 5.74) is 0.539. The van der Waals surface area contributed by atoms with Gasteiger partial charge in [-0.15, -0.1) is 0 Å². The standard InChI is InChI=1S/C18H25FN2O3/c1-3-4-12(2)21-11-14(9-17(21)23)18(24)20-10-16(22)13-5-7-15(19)8-6-13/h5-8,12,14,16,22H,3-4,9-11H2,1-2H3,(H,20,24). The summed E-state index contributed by atoms with van der Waals surface area (Å²) in [7, 11) is 0. The predicted molar refractivity (Wildman–Crippen MR) is 88.6 cm³/mol. The second-order valence-corrected chi connectivity index (χ2v) is 6.40. The number of likely N-dealkylation sites (tertiary alicyclic amines) is 1. The van der Waals surface area contributed by atoms with Crippen LogP contribution in [0.1, 0.15) is 44.8 Å². The van der Waals surface area contributed by atoms with E-state index in [-0.39, 0.29) is 42.6 Å². The third-order valence-corrected chi connectivity index (χ3v) is 4.49. The Morgan fingerprint density at radius 3 is 2.71 bits per heavy atom. The minimum absolute atomic E-state index is 0.00943. The van der Waals surface area contributed by atoms with Crippen molar-refractivity contribution in [1.82, 2.24) is 10.2 Å².